The highest BCUT2D eigenvalue weighted by atomic mass is 35.5. The van der Waals surface area contributed by atoms with E-state index in [-0.39, 0.29) is 17.3 Å². The largest absolute Gasteiger partial charge is 0.505 e. The molecule has 0 aliphatic heterocycles. The monoisotopic (exact) mass is 254 g/mol. The molecule has 0 saturated carbocycles. The van der Waals surface area contributed by atoms with E-state index in [1.807, 2.05) is 6.08 Å². The molecule has 0 spiro atoms. The van der Waals surface area contributed by atoms with Gasteiger partial charge in [-0.05, 0) is 18.6 Å². The number of nitrogens with two attached hydrogens (primary N) is 1. The number of halogens is 1. The summed E-state index contributed by atoms with van der Waals surface area (Å²) in [5, 5.41) is 12.8. The second-order valence-corrected chi connectivity index (χ2v) is 4.04. The van der Waals surface area contributed by atoms with Gasteiger partial charge in [0.05, 0.1) is 5.69 Å². The SMILES string of the molecule is CC(=O)NCCC=Cc1cc(Cl)cc(N)c1O. The normalized spacial score (nSPS) is 10.7. The molecule has 0 unspecified atom stereocenters. The number of phenols is 1. The van der Waals surface area contributed by atoms with E-state index in [2.05, 4.69) is 5.32 Å². The summed E-state index contributed by atoms with van der Waals surface area (Å²) >= 11 is 5.82. The molecular formula is C12H15ClN2O2. The smallest absolute Gasteiger partial charge is 0.216 e. The van der Waals surface area contributed by atoms with E-state index in [1.54, 1.807) is 12.1 Å². The van der Waals surface area contributed by atoms with Gasteiger partial charge in [-0.15, -0.1) is 0 Å². The van der Waals surface area contributed by atoms with Gasteiger partial charge in [-0.2, -0.15) is 0 Å². The van der Waals surface area contributed by atoms with E-state index in [0.29, 0.717) is 23.6 Å². The highest BCUT2D eigenvalue weighted by molar-refractivity contribution is 6.31. The number of rotatable bonds is 4. The van der Waals surface area contributed by atoms with Gasteiger partial charge in [0.15, 0.2) is 0 Å². The zero-order valence-corrected chi connectivity index (χ0v) is 10.3. The predicted octanol–water partition coefficient (Wildman–Crippen LogP) is 2.17. The Morgan fingerprint density at radius 1 is 1.59 bits per heavy atom. The molecule has 0 heterocycles. The van der Waals surface area contributed by atoms with Crippen molar-refractivity contribution in [3.05, 3.63) is 28.8 Å². The van der Waals surface area contributed by atoms with Crippen LogP contribution in [0.4, 0.5) is 5.69 Å². The zero-order valence-electron chi connectivity index (χ0n) is 9.53. The Bertz CT molecular complexity index is 444. The molecule has 1 aromatic rings. The average Bonchev–Trinajstić information content (AvgIpc) is 2.23. The quantitative estimate of drug-likeness (QED) is 0.438. The molecule has 0 aromatic heterocycles. The van der Waals surface area contributed by atoms with Gasteiger partial charge in [0.2, 0.25) is 5.91 Å². The number of benzene rings is 1. The van der Waals surface area contributed by atoms with Crippen molar-refractivity contribution >= 4 is 29.3 Å². The summed E-state index contributed by atoms with van der Waals surface area (Å²) in [6, 6.07) is 3.12. The molecule has 0 fully saturated rings. The van der Waals surface area contributed by atoms with Crippen molar-refractivity contribution in [2.24, 2.45) is 0 Å². The molecule has 0 bridgehead atoms. The van der Waals surface area contributed by atoms with Gasteiger partial charge in [0.25, 0.3) is 0 Å². The van der Waals surface area contributed by atoms with Gasteiger partial charge in [0, 0.05) is 24.1 Å². The highest BCUT2D eigenvalue weighted by Gasteiger charge is 2.03. The number of hydrogen-bond donors (Lipinski definition) is 3. The molecule has 0 aliphatic rings. The summed E-state index contributed by atoms with van der Waals surface area (Å²) in [5.74, 6) is -0.0431. The number of hydrogen-bond acceptors (Lipinski definition) is 3. The van der Waals surface area contributed by atoms with Gasteiger partial charge in [-0.3, -0.25) is 4.79 Å². The van der Waals surface area contributed by atoms with Crippen molar-refractivity contribution in [2.75, 3.05) is 12.3 Å². The Balaban J connectivity index is 2.62. The first-order chi connectivity index (χ1) is 8.00. The predicted molar refractivity (Wildman–Crippen MR) is 69.9 cm³/mol. The first-order valence-corrected chi connectivity index (χ1v) is 5.57. The van der Waals surface area contributed by atoms with Gasteiger partial charge in [-0.25, -0.2) is 0 Å². The fourth-order valence-electron chi connectivity index (χ4n) is 1.31. The number of carbonyl (C=O) groups is 1. The Morgan fingerprint density at radius 2 is 2.29 bits per heavy atom. The van der Waals surface area contributed by atoms with E-state index in [0.717, 1.165) is 0 Å². The fraction of sp³-hybridized carbons (Fsp3) is 0.250. The van der Waals surface area contributed by atoms with E-state index in [9.17, 15) is 9.90 Å². The summed E-state index contributed by atoms with van der Waals surface area (Å²) in [6.45, 7) is 2.02. The van der Waals surface area contributed by atoms with Crippen LogP contribution in [0, 0.1) is 0 Å². The second-order valence-electron chi connectivity index (χ2n) is 3.61. The van der Waals surface area contributed by atoms with E-state index in [4.69, 9.17) is 17.3 Å². The molecule has 1 aromatic carbocycles. The molecule has 1 rings (SSSR count). The molecule has 92 valence electrons. The summed E-state index contributed by atoms with van der Waals surface area (Å²) in [6.07, 6.45) is 4.23. The number of anilines is 1. The minimum Gasteiger partial charge on any atom is -0.505 e. The van der Waals surface area contributed by atoms with Crippen molar-refractivity contribution < 1.29 is 9.90 Å². The van der Waals surface area contributed by atoms with Crippen LogP contribution in [0.1, 0.15) is 18.9 Å². The van der Waals surface area contributed by atoms with Gasteiger partial charge < -0.3 is 16.2 Å². The van der Waals surface area contributed by atoms with Gasteiger partial charge >= 0.3 is 0 Å². The maximum atomic E-state index is 10.6. The van der Waals surface area contributed by atoms with Gasteiger partial charge in [-0.1, -0.05) is 23.8 Å². The number of phenolic OH excluding ortho intramolecular Hbond substituents is 1. The van der Waals surface area contributed by atoms with Crippen LogP contribution < -0.4 is 11.1 Å². The van der Waals surface area contributed by atoms with Crippen molar-refractivity contribution in [3.63, 3.8) is 0 Å². The van der Waals surface area contributed by atoms with Gasteiger partial charge in [0.1, 0.15) is 5.75 Å². The van der Waals surface area contributed by atoms with Crippen LogP contribution in [-0.4, -0.2) is 17.6 Å². The standard InChI is InChI=1S/C12H15ClN2O2/c1-8(16)15-5-3-2-4-9-6-10(13)7-11(14)12(9)17/h2,4,6-7,17H,3,5,14H2,1H3,(H,15,16). The highest BCUT2D eigenvalue weighted by Crippen LogP contribution is 2.29. The van der Waals surface area contributed by atoms with Crippen LogP contribution in [-0.2, 0) is 4.79 Å². The van der Waals surface area contributed by atoms with E-state index >= 15 is 0 Å². The molecule has 4 N–H and O–H groups in total. The van der Waals surface area contributed by atoms with Crippen LogP contribution >= 0.6 is 11.6 Å². The third-order valence-corrected chi connectivity index (χ3v) is 2.33. The molecular weight excluding hydrogens is 240 g/mol. The fourth-order valence-corrected chi connectivity index (χ4v) is 1.55. The number of carbonyl (C=O) groups excluding carboxylic acids is 1. The molecule has 0 saturated heterocycles. The number of aromatic hydroxyl groups is 1. The van der Waals surface area contributed by atoms with Crippen molar-refractivity contribution in [2.45, 2.75) is 13.3 Å². The Hall–Kier alpha value is -1.68. The lowest BCUT2D eigenvalue weighted by molar-refractivity contribution is -0.118. The Morgan fingerprint density at radius 3 is 2.94 bits per heavy atom. The van der Waals surface area contributed by atoms with Crippen LogP contribution in [0.25, 0.3) is 6.08 Å². The molecule has 4 nitrogen and oxygen atoms in total. The first-order valence-electron chi connectivity index (χ1n) is 5.19. The molecule has 5 heteroatoms. The summed E-state index contributed by atoms with van der Waals surface area (Å²) < 4.78 is 0. The maximum Gasteiger partial charge on any atom is 0.216 e. The van der Waals surface area contributed by atoms with Crippen molar-refractivity contribution in [1.29, 1.82) is 0 Å². The third kappa shape index (κ3) is 4.36. The van der Waals surface area contributed by atoms with Crippen LogP contribution in [0.2, 0.25) is 5.02 Å². The minimum absolute atomic E-state index is 0.0187. The number of amides is 1. The molecule has 1 amide bonds. The number of nitrogens with one attached hydrogen (secondary N) is 1. The Kier molecular flexibility index (Phi) is 4.84. The molecule has 0 aliphatic carbocycles. The molecule has 0 radical (unpaired) electrons. The molecule has 17 heavy (non-hydrogen) atoms. The second kappa shape index (κ2) is 6.15. The summed E-state index contributed by atoms with van der Waals surface area (Å²) in [5.41, 5.74) is 6.38. The first kappa shape index (κ1) is 13.4. The lowest BCUT2D eigenvalue weighted by Crippen LogP contribution is -2.20. The lowest BCUT2D eigenvalue weighted by Gasteiger charge is -2.04. The summed E-state index contributed by atoms with van der Waals surface area (Å²) in [7, 11) is 0. The van der Waals surface area contributed by atoms with E-state index < -0.39 is 0 Å². The summed E-state index contributed by atoms with van der Waals surface area (Å²) in [4.78, 5) is 10.6. The Labute approximate surface area is 105 Å². The minimum atomic E-state index is -0.0618. The maximum absolute atomic E-state index is 10.6. The van der Waals surface area contributed by atoms with Crippen LogP contribution in [0.3, 0.4) is 0 Å². The third-order valence-electron chi connectivity index (χ3n) is 2.12. The van der Waals surface area contributed by atoms with Crippen LogP contribution in [0.5, 0.6) is 5.75 Å². The van der Waals surface area contributed by atoms with Crippen molar-refractivity contribution in [3.8, 4) is 5.75 Å². The zero-order chi connectivity index (χ0) is 12.8. The number of nitrogen functional groups attached to an aromatic ring is 1. The van der Waals surface area contributed by atoms with Crippen LogP contribution in [0.15, 0.2) is 18.2 Å². The average molecular weight is 255 g/mol. The topological polar surface area (TPSA) is 75.4 Å². The molecule has 0 atom stereocenters. The van der Waals surface area contributed by atoms with Crippen molar-refractivity contribution in [1.82, 2.24) is 5.32 Å². The van der Waals surface area contributed by atoms with E-state index in [1.165, 1.54) is 13.0 Å². The lowest BCUT2D eigenvalue weighted by atomic mass is 10.1.